The van der Waals surface area contributed by atoms with Gasteiger partial charge in [-0.1, -0.05) is 18.5 Å². The van der Waals surface area contributed by atoms with Crippen LogP contribution in [0, 0.1) is 5.41 Å². The van der Waals surface area contributed by atoms with Gasteiger partial charge in [0.2, 0.25) is 5.91 Å². The molecule has 0 bridgehead atoms. The third-order valence-corrected chi connectivity index (χ3v) is 5.81. The second kappa shape index (κ2) is 6.45. The average Bonchev–Trinajstić information content (AvgIpc) is 3.12. The number of aromatic nitrogens is 5. The molecule has 0 atom stereocenters. The number of nitrogens with two attached hydrogens (primary N) is 1. The Hall–Kier alpha value is -3.13. The van der Waals surface area contributed by atoms with Gasteiger partial charge >= 0.3 is 0 Å². The fourth-order valence-corrected chi connectivity index (χ4v) is 3.81. The SMILES string of the molecule is CC1(C(=O)NCc2cc3cc(Cl)cc(Cn4cnc5c(N)ncnc54)c3[nH]2)CC1. The van der Waals surface area contributed by atoms with Crippen LogP contribution in [0.5, 0.6) is 0 Å². The molecule has 8 nitrogen and oxygen atoms in total. The van der Waals surface area contributed by atoms with Crippen LogP contribution in [0.25, 0.3) is 22.1 Å². The number of rotatable bonds is 5. The Bertz CT molecular complexity index is 1250. The number of nitrogen functional groups attached to an aromatic ring is 1. The van der Waals surface area contributed by atoms with Crippen LogP contribution in [0.15, 0.2) is 30.9 Å². The smallest absolute Gasteiger partial charge is 0.226 e. The van der Waals surface area contributed by atoms with Gasteiger partial charge in [0.1, 0.15) is 11.8 Å². The van der Waals surface area contributed by atoms with Gasteiger partial charge in [-0.05, 0) is 36.6 Å². The minimum absolute atomic E-state index is 0.108. The third kappa shape index (κ3) is 3.19. The standard InChI is InChI=1S/C20H20ClN7O/c1-20(2-3-20)19(29)23-7-14-6-11-4-13(21)5-12(15(11)27-14)8-28-10-26-16-17(22)24-9-25-18(16)28/h4-6,9-10,27H,2-3,7-8H2,1H3,(H,23,29)(H2,22,24,25). The van der Waals surface area contributed by atoms with E-state index in [-0.39, 0.29) is 11.3 Å². The molecule has 3 heterocycles. The number of fused-ring (bicyclic) bond motifs is 2. The maximum Gasteiger partial charge on any atom is 0.226 e. The van der Waals surface area contributed by atoms with E-state index in [1.807, 2.05) is 29.7 Å². The summed E-state index contributed by atoms with van der Waals surface area (Å²) in [5.41, 5.74) is 9.85. The van der Waals surface area contributed by atoms with Gasteiger partial charge in [-0.3, -0.25) is 4.79 Å². The van der Waals surface area contributed by atoms with Crippen molar-refractivity contribution >= 4 is 45.4 Å². The summed E-state index contributed by atoms with van der Waals surface area (Å²) < 4.78 is 1.91. The molecule has 5 rings (SSSR count). The largest absolute Gasteiger partial charge is 0.382 e. The molecule has 1 aliphatic carbocycles. The number of hydrogen-bond acceptors (Lipinski definition) is 5. The first-order valence-electron chi connectivity index (χ1n) is 9.43. The molecule has 9 heteroatoms. The number of nitrogens with zero attached hydrogens (tertiary/aromatic N) is 4. The topological polar surface area (TPSA) is 115 Å². The maximum absolute atomic E-state index is 12.2. The van der Waals surface area contributed by atoms with Crippen LogP contribution >= 0.6 is 11.6 Å². The fraction of sp³-hybridized carbons (Fsp3) is 0.300. The molecule has 1 fully saturated rings. The van der Waals surface area contributed by atoms with Crippen LogP contribution in [-0.4, -0.2) is 30.4 Å². The molecule has 0 aliphatic heterocycles. The summed E-state index contributed by atoms with van der Waals surface area (Å²) in [4.78, 5) is 28.3. The quantitative estimate of drug-likeness (QED) is 0.468. The number of aromatic amines is 1. The molecule has 0 unspecified atom stereocenters. The summed E-state index contributed by atoms with van der Waals surface area (Å²) in [7, 11) is 0. The van der Waals surface area contributed by atoms with Gasteiger partial charge < -0.3 is 20.6 Å². The maximum atomic E-state index is 12.2. The molecule has 0 saturated heterocycles. The van der Waals surface area contributed by atoms with Crippen LogP contribution < -0.4 is 11.1 Å². The van der Waals surface area contributed by atoms with Crippen molar-refractivity contribution in [2.75, 3.05) is 5.73 Å². The monoisotopic (exact) mass is 409 g/mol. The van der Waals surface area contributed by atoms with Gasteiger partial charge in [-0.25, -0.2) is 15.0 Å². The first-order chi connectivity index (χ1) is 13.9. The van der Waals surface area contributed by atoms with Gasteiger partial charge in [0, 0.05) is 21.5 Å². The van der Waals surface area contributed by atoms with Gasteiger partial charge in [0.25, 0.3) is 0 Å². The van der Waals surface area contributed by atoms with E-state index in [9.17, 15) is 4.79 Å². The number of benzene rings is 1. The lowest BCUT2D eigenvalue weighted by Gasteiger charge is -2.09. The lowest BCUT2D eigenvalue weighted by Crippen LogP contribution is -2.29. The summed E-state index contributed by atoms with van der Waals surface area (Å²) in [6.07, 6.45) is 5.04. The Morgan fingerprint density at radius 3 is 2.93 bits per heavy atom. The van der Waals surface area contributed by atoms with E-state index >= 15 is 0 Å². The van der Waals surface area contributed by atoms with Crippen molar-refractivity contribution in [1.82, 2.24) is 29.8 Å². The minimum atomic E-state index is -0.188. The number of H-pyrrole nitrogens is 1. The molecule has 1 amide bonds. The van der Waals surface area contributed by atoms with Crippen LogP contribution in [-0.2, 0) is 17.9 Å². The Kier molecular flexibility index (Phi) is 3.99. The lowest BCUT2D eigenvalue weighted by molar-refractivity contribution is -0.125. The zero-order chi connectivity index (χ0) is 20.2. The van der Waals surface area contributed by atoms with Gasteiger partial charge in [-0.2, -0.15) is 0 Å². The van der Waals surface area contributed by atoms with Gasteiger partial charge in [0.15, 0.2) is 11.5 Å². The predicted octanol–water partition coefficient (Wildman–Crippen LogP) is 3.01. The van der Waals surface area contributed by atoms with Gasteiger partial charge in [0.05, 0.1) is 24.9 Å². The highest BCUT2D eigenvalue weighted by Crippen LogP contribution is 2.45. The van der Waals surface area contributed by atoms with E-state index in [0.29, 0.717) is 35.1 Å². The first kappa shape index (κ1) is 17.9. The molecular formula is C20H20ClN7O. The molecule has 148 valence electrons. The van der Waals surface area contributed by atoms with Crippen LogP contribution in [0.2, 0.25) is 5.02 Å². The molecule has 1 saturated carbocycles. The number of hydrogen-bond donors (Lipinski definition) is 3. The summed E-state index contributed by atoms with van der Waals surface area (Å²) >= 11 is 6.36. The van der Waals surface area contributed by atoms with E-state index in [0.717, 1.165) is 35.0 Å². The predicted molar refractivity (Wildman–Crippen MR) is 111 cm³/mol. The molecule has 4 N–H and O–H groups in total. The van der Waals surface area contributed by atoms with E-state index in [2.05, 4.69) is 25.3 Å². The number of carbonyl (C=O) groups excluding carboxylic acids is 1. The average molecular weight is 410 g/mol. The lowest BCUT2D eigenvalue weighted by atomic mass is 10.1. The zero-order valence-corrected chi connectivity index (χ0v) is 16.6. The van der Waals surface area contributed by atoms with Crippen molar-refractivity contribution in [2.24, 2.45) is 5.41 Å². The molecule has 29 heavy (non-hydrogen) atoms. The van der Waals surface area contributed by atoms with E-state index < -0.39 is 0 Å². The van der Waals surface area contributed by atoms with Crippen LogP contribution in [0.4, 0.5) is 5.82 Å². The zero-order valence-electron chi connectivity index (χ0n) is 15.9. The van der Waals surface area contributed by atoms with Crippen molar-refractivity contribution in [2.45, 2.75) is 32.9 Å². The van der Waals surface area contributed by atoms with Crippen molar-refractivity contribution in [3.8, 4) is 0 Å². The number of amides is 1. The fourth-order valence-electron chi connectivity index (χ4n) is 3.56. The van der Waals surface area contributed by atoms with Crippen LogP contribution in [0.3, 0.4) is 0 Å². The molecule has 1 aliphatic rings. The normalized spacial score (nSPS) is 15.1. The van der Waals surface area contributed by atoms with Crippen LogP contribution in [0.1, 0.15) is 31.0 Å². The summed E-state index contributed by atoms with van der Waals surface area (Å²) in [5, 5.41) is 4.66. The molecule has 1 aromatic carbocycles. The molecule has 4 aromatic rings. The Balaban J connectivity index is 1.46. The second-order valence-electron chi connectivity index (χ2n) is 7.87. The third-order valence-electron chi connectivity index (χ3n) is 5.59. The molecule has 0 radical (unpaired) electrons. The van der Waals surface area contributed by atoms with Gasteiger partial charge in [-0.15, -0.1) is 0 Å². The van der Waals surface area contributed by atoms with Crippen molar-refractivity contribution < 1.29 is 4.79 Å². The molecule has 3 aromatic heterocycles. The van der Waals surface area contributed by atoms with E-state index in [4.69, 9.17) is 17.3 Å². The number of imidazole rings is 1. The van der Waals surface area contributed by atoms with E-state index in [1.54, 1.807) is 6.33 Å². The van der Waals surface area contributed by atoms with E-state index in [1.165, 1.54) is 6.33 Å². The Morgan fingerprint density at radius 1 is 1.31 bits per heavy atom. The molecule has 0 spiro atoms. The first-order valence-corrected chi connectivity index (χ1v) is 9.80. The summed E-state index contributed by atoms with van der Waals surface area (Å²) in [6, 6.07) is 5.85. The number of nitrogens with one attached hydrogen (secondary N) is 2. The number of anilines is 1. The summed E-state index contributed by atoms with van der Waals surface area (Å²) in [6.45, 7) is 2.98. The highest BCUT2D eigenvalue weighted by atomic mass is 35.5. The Morgan fingerprint density at radius 2 is 2.14 bits per heavy atom. The minimum Gasteiger partial charge on any atom is -0.382 e. The highest BCUT2D eigenvalue weighted by molar-refractivity contribution is 6.31. The Labute approximate surface area is 171 Å². The number of carbonyl (C=O) groups is 1. The molecular weight excluding hydrogens is 390 g/mol. The second-order valence-corrected chi connectivity index (χ2v) is 8.31. The van der Waals surface area contributed by atoms with Crippen molar-refractivity contribution in [3.63, 3.8) is 0 Å². The number of halogens is 1. The highest BCUT2D eigenvalue weighted by Gasteiger charge is 2.44. The summed E-state index contributed by atoms with van der Waals surface area (Å²) in [5.74, 6) is 0.462. The van der Waals surface area contributed by atoms with Crippen molar-refractivity contribution in [3.05, 3.63) is 47.1 Å². The van der Waals surface area contributed by atoms with Crippen molar-refractivity contribution in [1.29, 1.82) is 0 Å².